The van der Waals surface area contributed by atoms with E-state index in [1.807, 2.05) is 6.92 Å². The van der Waals surface area contributed by atoms with Gasteiger partial charge in [0.25, 0.3) is 0 Å². The molecule has 0 aromatic heterocycles. The smallest absolute Gasteiger partial charge is 0.319 e. The number of nitro benzene ring substituents is 1. The predicted octanol–water partition coefficient (Wildman–Crippen LogP) is 2.79. The number of unbranched alkanes of at least 4 members (excludes halogenated alkanes) is 1. The molecule has 2 N–H and O–H groups in total. The normalized spacial score (nSPS) is 10.1. The second-order valence-corrected chi connectivity index (χ2v) is 3.78. The molecule has 0 saturated carbocycles. The van der Waals surface area contributed by atoms with Crippen LogP contribution < -0.4 is 10.6 Å². The van der Waals surface area contributed by atoms with Crippen molar-refractivity contribution in [2.75, 3.05) is 11.9 Å². The molecule has 19 heavy (non-hydrogen) atoms. The molecule has 0 radical (unpaired) electrons. The van der Waals surface area contributed by atoms with E-state index in [4.69, 9.17) is 0 Å². The summed E-state index contributed by atoms with van der Waals surface area (Å²) in [6.45, 7) is 2.33. The van der Waals surface area contributed by atoms with Gasteiger partial charge in [-0.3, -0.25) is 10.1 Å². The van der Waals surface area contributed by atoms with Gasteiger partial charge in [-0.2, -0.15) is 4.39 Å². The van der Waals surface area contributed by atoms with Crippen LogP contribution >= 0.6 is 0 Å². The van der Waals surface area contributed by atoms with Gasteiger partial charge in [-0.1, -0.05) is 13.3 Å². The summed E-state index contributed by atoms with van der Waals surface area (Å²) in [5.41, 5.74) is -1.34. The molecule has 104 valence electrons. The van der Waals surface area contributed by atoms with Crippen LogP contribution in [0.4, 0.5) is 25.0 Å². The van der Waals surface area contributed by atoms with E-state index in [9.17, 15) is 23.7 Å². The quantitative estimate of drug-likeness (QED) is 0.491. The lowest BCUT2D eigenvalue weighted by molar-refractivity contribution is -0.387. The Hall–Kier alpha value is -2.25. The summed E-state index contributed by atoms with van der Waals surface area (Å²) in [5, 5.41) is 15.0. The Morgan fingerprint density at radius 3 is 2.63 bits per heavy atom. The first-order chi connectivity index (χ1) is 8.95. The van der Waals surface area contributed by atoms with E-state index in [-0.39, 0.29) is 0 Å². The van der Waals surface area contributed by atoms with E-state index in [0.29, 0.717) is 18.7 Å². The average Bonchev–Trinajstić information content (AvgIpc) is 2.32. The minimum Gasteiger partial charge on any atom is -0.338 e. The highest BCUT2D eigenvalue weighted by Crippen LogP contribution is 2.24. The van der Waals surface area contributed by atoms with Gasteiger partial charge in [-0.25, -0.2) is 9.18 Å². The summed E-state index contributed by atoms with van der Waals surface area (Å²) in [5.74, 6) is -2.37. The maximum Gasteiger partial charge on any atom is 0.319 e. The lowest BCUT2D eigenvalue weighted by atomic mass is 10.2. The van der Waals surface area contributed by atoms with Crippen molar-refractivity contribution in [2.45, 2.75) is 19.8 Å². The van der Waals surface area contributed by atoms with Crippen molar-refractivity contribution in [1.82, 2.24) is 5.32 Å². The molecule has 0 heterocycles. The molecule has 0 aliphatic rings. The maximum atomic E-state index is 13.3. The molecule has 6 nitrogen and oxygen atoms in total. The number of urea groups is 1. The molecule has 2 amide bonds. The van der Waals surface area contributed by atoms with Crippen LogP contribution in [0.3, 0.4) is 0 Å². The van der Waals surface area contributed by atoms with Crippen molar-refractivity contribution in [3.8, 4) is 0 Å². The van der Waals surface area contributed by atoms with Gasteiger partial charge in [0.05, 0.1) is 10.6 Å². The third-order valence-corrected chi connectivity index (χ3v) is 2.30. The number of benzene rings is 1. The number of carbonyl (C=O) groups is 1. The van der Waals surface area contributed by atoms with Gasteiger partial charge in [0, 0.05) is 18.7 Å². The topological polar surface area (TPSA) is 84.3 Å². The number of carbonyl (C=O) groups excluding carboxylic acids is 1. The van der Waals surface area contributed by atoms with Crippen LogP contribution in [-0.4, -0.2) is 17.5 Å². The molecule has 0 aliphatic carbocycles. The highest BCUT2D eigenvalue weighted by Gasteiger charge is 2.19. The number of amides is 2. The van der Waals surface area contributed by atoms with Gasteiger partial charge in [0.1, 0.15) is 5.82 Å². The fourth-order valence-corrected chi connectivity index (χ4v) is 1.32. The van der Waals surface area contributed by atoms with Gasteiger partial charge in [0.15, 0.2) is 0 Å². The molecule has 0 spiro atoms. The molecule has 1 rings (SSSR count). The fourth-order valence-electron chi connectivity index (χ4n) is 1.32. The third-order valence-electron chi connectivity index (χ3n) is 2.30. The molecule has 0 bridgehead atoms. The predicted molar refractivity (Wildman–Crippen MR) is 64.9 cm³/mol. The van der Waals surface area contributed by atoms with Gasteiger partial charge in [-0.05, 0) is 6.42 Å². The average molecular weight is 273 g/mol. The molecule has 0 aliphatic heterocycles. The van der Waals surface area contributed by atoms with Crippen LogP contribution in [0, 0.1) is 21.7 Å². The Bertz CT molecular complexity index is 494. The van der Waals surface area contributed by atoms with Crippen molar-refractivity contribution in [3.05, 3.63) is 33.9 Å². The highest BCUT2D eigenvalue weighted by molar-refractivity contribution is 5.89. The Balaban J connectivity index is 2.80. The Labute approximate surface area is 108 Å². The summed E-state index contributed by atoms with van der Waals surface area (Å²) in [7, 11) is 0. The van der Waals surface area contributed by atoms with Crippen molar-refractivity contribution >= 4 is 17.4 Å². The molecule has 8 heteroatoms. The Morgan fingerprint density at radius 2 is 2.05 bits per heavy atom. The number of hydrogen-bond donors (Lipinski definition) is 2. The van der Waals surface area contributed by atoms with E-state index in [2.05, 4.69) is 10.6 Å². The number of nitrogens with zero attached hydrogens (tertiary/aromatic N) is 1. The largest absolute Gasteiger partial charge is 0.338 e. The molecule has 0 atom stereocenters. The summed E-state index contributed by atoms with van der Waals surface area (Å²) >= 11 is 0. The summed E-state index contributed by atoms with van der Waals surface area (Å²) in [4.78, 5) is 20.9. The Kier molecular flexibility index (Phi) is 5.16. The van der Waals surface area contributed by atoms with Gasteiger partial charge >= 0.3 is 11.7 Å². The molecule has 0 unspecified atom stereocenters. The minimum atomic E-state index is -1.29. The van der Waals surface area contributed by atoms with Crippen molar-refractivity contribution in [2.24, 2.45) is 0 Å². The van der Waals surface area contributed by atoms with Crippen molar-refractivity contribution < 1.29 is 18.5 Å². The molecule has 1 aromatic rings. The van der Waals surface area contributed by atoms with Crippen LogP contribution in [0.15, 0.2) is 12.1 Å². The van der Waals surface area contributed by atoms with Crippen LogP contribution in [-0.2, 0) is 0 Å². The fraction of sp³-hybridized carbons (Fsp3) is 0.364. The number of anilines is 1. The lowest BCUT2D eigenvalue weighted by Crippen LogP contribution is -2.29. The zero-order valence-electron chi connectivity index (χ0n) is 10.2. The van der Waals surface area contributed by atoms with E-state index < -0.39 is 34.0 Å². The van der Waals surface area contributed by atoms with E-state index in [1.54, 1.807) is 0 Å². The first-order valence-electron chi connectivity index (χ1n) is 5.64. The van der Waals surface area contributed by atoms with Gasteiger partial charge in [-0.15, -0.1) is 0 Å². The first kappa shape index (κ1) is 14.8. The van der Waals surface area contributed by atoms with Crippen LogP contribution in [0.25, 0.3) is 0 Å². The number of hydrogen-bond acceptors (Lipinski definition) is 3. The molecule has 1 aromatic carbocycles. The van der Waals surface area contributed by atoms with Crippen LogP contribution in [0.5, 0.6) is 0 Å². The van der Waals surface area contributed by atoms with E-state index in [1.165, 1.54) is 0 Å². The van der Waals surface area contributed by atoms with Crippen LogP contribution in [0.2, 0.25) is 0 Å². The Morgan fingerprint density at radius 1 is 1.37 bits per heavy atom. The molecule has 0 fully saturated rings. The zero-order chi connectivity index (χ0) is 14.4. The SMILES string of the molecule is CCCCNC(=O)Nc1cc([N+](=O)[O-])c(F)cc1F. The molecular weight excluding hydrogens is 260 g/mol. The number of rotatable bonds is 5. The van der Waals surface area contributed by atoms with E-state index in [0.717, 1.165) is 12.8 Å². The second-order valence-electron chi connectivity index (χ2n) is 3.78. The zero-order valence-corrected chi connectivity index (χ0v) is 10.2. The van der Waals surface area contributed by atoms with Gasteiger partial charge in [0.2, 0.25) is 5.82 Å². The third kappa shape index (κ3) is 4.16. The van der Waals surface area contributed by atoms with Crippen molar-refractivity contribution in [1.29, 1.82) is 0 Å². The number of halogens is 2. The summed E-state index contributed by atoms with van der Waals surface area (Å²) in [6, 6.07) is 0.303. The first-order valence-corrected chi connectivity index (χ1v) is 5.64. The second kappa shape index (κ2) is 6.62. The lowest BCUT2D eigenvalue weighted by Gasteiger charge is -2.08. The standard InChI is InChI=1S/C11H13F2N3O3/c1-2-3-4-14-11(17)15-9-6-10(16(18)19)8(13)5-7(9)12/h5-6H,2-4H2,1H3,(H2,14,15,17). The monoisotopic (exact) mass is 273 g/mol. The maximum absolute atomic E-state index is 13.3. The number of nitrogens with one attached hydrogen (secondary N) is 2. The summed E-state index contributed by atoms with van der Waals surface area (Å²) in [6.07, 6.45) is 1.62. The molecular formula is C11H13F2N3O3. The summed E-state index contributed by atoms with van der Waals surface area (Å²) < 4.78 is 26.4. The highest BCUT2D eigenvalue weighted by atomic mass is 19.1. The minimum absolute atomic E-state index is 0.361. The van der Waals surface area contributed by atoms with Crippen molar-refractivity contribution in [3.63, 3.8) is 0 Å². The van der Waals surface area contributed by atoms with E-state index >= 15 is 0 Å². The van der Waals surface area contributed by atoms with Crippen LogP contribution in [0.1, 0.15) is 19.8 Å². The molecule has 0 saturated heterocycles. The number of nitro groups is 1. The van der Waals surface area contributed by atoms with Gasteiger partial charge < -0.3 is 10.6 Å².